The number of methoxy groups -OCH3 is 1. The smallest absolute Gasteiger partial charge is 0.265 e. The molecule has 1 aliphatic carbocycles. The van der Waals surface area contributed by atoms with Gasteiger partial charge in [0.1, 0.15) is 11.6 Å². The Morgan fingerprint density at radius 3 is 2.42 bits per heavy atom. The number of fused-ring (bicyclic) bond motifs is 1. The van der Waals surface area contributed by atoms with E-state index in [1.807, 2.05) is 67.6 Å². The van der Waals surface area contributed by atoms with Gasteiger partial charge in [0.25, 0.3) is 5.56 Å². The molecule has 1 saturated carbocycles. The summed E-state index contributed by atoms with van der Waals surface area (Å²) in [7, 11) is 1.69. The number of aromatic nitrogens is 3. The maximum absolute atomic E-state index is 13.2. The predicted molar refractivity (Wildman–Crippen MR) is 154 cm³/mol. The van der Waals surface area contributed by atoms with Gasteiger partial charge < -0.3 is 9.30 Å². The zero-order valence-electron chi connectivity index (χ0n) is 21.6. The minimum absolute atomic E-state index is 0.0599. The van der Waals surface area contributed by atoms with E-state index in [9.17, 15) is 4.79 Å². The first-order chi connectivity index (χ1) is 18.6. The Bertz CT molecular complexity index is 1710. The predicted octanol–water partition coefficient (Wildman–Crippen LogP) is 6.97. The molecule has 3 aromatic carbocycles. The van der Waals surface area contributed by atoms with Gasteiger partial charge in [-0.25, -0.2) is 9.98 Å². The van der Waals surface area contributed by atoms with Crippen LogP contribution in [0.25, 0.3) is 27.8 Å². The van der Waals surface area contributed by atoms with E-state index in [4.69, 9.17) is 9.73 Å². The van der Waals surface area contributed by atoms with Crippen LogP contribution in [0.3, 0.4) is 0 Å². The molecule has 0 saturated heterocycles. The van der Waals surface area contributed by atoms with Crippen LogP contribution in [0.5, 0.6) is 5.75 Å². The second kappa shape index (κ2) is 10.4. The Hall–Kier alpha value is -3.97. The molecule has 6 nitrogen and oxygen atoms in total. The number of hydrogen-bond donors (Lipinski definition) is 0. The van der Waals surface area contributed by atoms with E-state index in [-0.39, 0.29) is 5.56 Å². The number of aryl methyl sites for hydroxylation is 1. The molecular weight excluding hydrogens is 492 g/mol. The van der Waals surface area contributed by atoms with Crippen molar-refractivity contribution in [3.63, 3.8) is 0 Å². The molecule has 2 aromatic heterocycles. The highest BCUT2D eigenvalue weighted by molar-refractivity contribution is 7.07. The van der Waals surface area contributed by atoms with Crippen LogP contribution in [-0.2, 0) is 0 Å². The molecule has 0 spiro atoms. The average molecular weight is 523 g/mol. The van der Waals surface area contributed by atoms with Gasteiger partial charge in [-0.3, -0.25) is 9.36 Å². The van der Waals surface area contributed by atoms with Crippen molar-refractivity contribution in [1.82, 2.24) is 14.1 Å². The Labute approximate surface area is 225 Å². The standard InChI is InChI=1S/C31H30N4O2S/c1-21-32-28-11-7-6-10-27(28)30(36)34(21)25-16-14-23(15-17-25)33-31-35(24-8-4-3-5-9-24)29(20-38-31)22-12-18-26(37-2)19-13-22/h6-7,10-20,24H,3-5,8-9H2,1-2H3. The molecule has 0 unspecified atom stereocenters. The van der Waals surface area contributed by atoms with Gasteiger partial charge >= 0.3 is 0 Å². The number of thiazole rings is 1. The Balaban J connectivity index is 1.40. The Morgan fingerprint density at radius 2 is 1.68 bits per heavy atom. The fraction of sp³-hybridized carbons (Fsp3) is 0.258. The second-order valence-electron chi connectivity index (χ2n) is 9.74. The third kappa shape index (κ3) is 4.58. The van der Waals surface area contributed by atoms with Gasteiger partial charge in [0.05, 0.1) is 35.1 Å². The van der Waals surface area contributed by atoms with Crippen molar-refractivity contribution in [2.24, 2.45) is 4.99 Å². The highest BCUT2D eigenvalue weighted by atomic mass is 32.1. The first kappa shape index (κ1) is 24.4. The highest BCUT2D eigenvalue weighted by Crippen LogP contribution is 2.33. The van der Waals surface area contributed by atoms with E-state index in [1.165, 1.54) is 43.4 Å². The van der Waals surface area contributed by atoms with Gasteiger partial charge in [0.15, 0.2) is 4.80 Å². The Morgan fingerprint density at radius 1 is 0.947 bits per heavy atom. The van der Waals surface area contributed by atoms with Gasteiger partial charge in [-0.05, 0) is 86.0 Å². The third-order valence-corrected chi connectivity index (χ3v) is 8.18. The minimum atomic E-state index is -0.0599. The fourth-order valence-corrected chi connectivity index (χ4v) is 6.39. The van der Waals surface area contributed by atoms with E-state index in [1.54, 1.807) is 23.0 Å². The van der Waals surface area contributed by atoms with E-state index < -0.39 is 0 Å². The van der Waals surface area contributed by atoms with E-state index in [2.05, 4.69) is 27.1 Å². The van der Waals surface area contributed by atoms with Crippen LogP contribution < -0.4 is 15.1 Å². The second-order valence-corrected chi connectivity index (χ2v) is 10.6. The van der Waals surface area contributed by atoms with Crippen LogP contribution in [0.1, 0.15) is 44.0 Å². The van der Waals surface area contributed by atoms with Crippen molar-refractivity contribution in [2.75, 3.05) is 7.11 Å². The molecule has 1 fully saturated rings. The molecule has 6 rings (SSSR count). The van der Waals surface area contributed by atoms with Gasteiger partial charge in [-0.15, -0.1) is 11.3 Å². The van der Waals surface area contributed by atoms with Crippen LogP contribution in [0.2, 0.25) is 0 Å². The quantitative estimate of drug-likeness (QED) is 0.250. The van der Waals surface area contributed by atoms with Crippen LogP contribution in [0.15, 0.2) is 88.0 Å². The highest BCUT2D eigenvalue weighted by Gasteiger charge is 2.20. The van der Waals surface area contributed by atoms with Crippen molar-refractivity contribution >= 4 is 27.9 Å². The molecule has 38 heavy (non-hydrogen) atoms. The van der Waals surface area contributed by atoms with Crippen molar-refractivity contribution in [3.05, 3.63) is 99.2 Å². The van der Waals surface area contributed by atoms with Crippen LogP contribution in [0.4, 0.5) is 5.69 Å². The van der Waals surface area contributed by atoms with Crippen molar-refractivity contribution in [1.29, 1.82) is 0 Å². The summed E-state index contributed by atoms with van der Waals surface area (Å²) in [6.07, 6.45) is 6.14. The van der Waals surface area contributed by atoms with Crippen molar-refractivity contribution in [3.8, 4) is 22.7 Å². The first-order valence-corrected chi connectivity index (χ1v) is 14.0. The minimum Gasteiger partial charge on any atom is -0.497 e. The average Bonchev–Trinajstić information content (AvgIpc) is 3.38. The van der Waals surface area contributed by atoms with Gasteiger partial charge in [0.2, 0.25) is 0 Å². The molecule has 0 amide bonds. The normalized spacial score (nSPS) is 14.7. The van der Waals surface area contributed by atoms with E-state index >= 15 is 0 Å². The summed E-state index contributed by atoms with van der Waals surface area (Å²) in [5.41, 5.74) is 4.68. The van der Waals surface area contributed by atoms with E-state index in [0.717, 1.165) is 27.4 Å². The molecule has 7 heteroatoms. The van der Waals surface area contributed by atoms with Crippen molar-refractivity contribution < 1.29 is 4.74 Å². The van der Waals surface area contributed by atoms with Crippen LogP contribution >= 0.6 is 11.3 Å². The number of rotatable bonds is 5. The number of para-hydroxylation sites is 1. The third-order valence-electron chi connectivity index (χ3n) is 7.34. The lowest BCUT2D eigenvalue weighted by molar-refractivity contribution is 0.351. The van der Waals surface area contributed by atoms with E-state index in [0.29, 0.717) is 17.3 Å². The summed E-state index contributed by atoms with van der Waals surface area (Å²) in [4.78, 5) is 23.9. The van der Waals surface area contributed by atoms with Crippen LogP contribution in [-0.4, -0.2) is 21.2 Å². The monoisotopic (exact) mass is 522 g/mol. The molecule has 1 aliphatic rings. The maximum Gasteiger partial charge on any atom is 0.265 e. The SMILES string of the molecule is COc1ccc(-c2csc(=Nc3ccc(-n4c(C)nc5ccccc5c4=O)cc3)n2C2CCCCC2)cc1. The summed E-state index contributed by atoms with van der Waals surface area (Å²) >= 11 is 1.68. The summed E-state index contributed by atoms with van der Waals surface area (Å²) in [5, 5.41) is 2.83. The molecule has 192 valence electrons. The molecule has 0 atom stereocenters. The zero-order chi connectivity index (χ0) is 26.1. The molecule has 0 radical (unpaired) electrons. The summed E-state index contributed by atoms with van der Waals surface area (Å²) in [6, 6.07) is 24.0. The molecule has 0 aliphatic heterocycles. The summed E-state index contributed by atoms with van der Waals surface area (Å²) in [6.45, 7) is 1.87. The molecule has 2 heterocycles. The van der Waals surface area contributed by atoms with Gasteiger partial charge in [0, 0.05) is 11.4 Å². The van der Waals surface area contributed by atoms with Crippen molar-refractivity contribution in [2.45, 2.75) is 45.1 Å². The lowest BCUT2D eigenvalue weighted by Crippen LogP contribution is -2.23. The number of nitrogens with zero attached hydrogens (tertiary/aromatic N) is 4. The van der Waals surface area contributed by atoms with Crippen LogP contribution in [0, 0.1) is 6.92 Å². The summed E-state index contributed by atoms with van der Waals surface area (Å²) in [5.74, 6) is 1.52. The number of ether oxygens (including phenoxy) is 1. The molecule has 0 N–H and O–H groups in total. The molecule has 5 aromatic rings. The number of benzene rings is 3. The molecule has 0 bridgehead atoms. The van der Waals surface area contributed by atoms with Gasteiger partial charge in [-0.1, -0.05) is 31.4 Å². The fourth-order valence-electron chi connectivity index (χ4n) is 5.40. The number of hydrogen-bond acceptors (Lipinski definition) is 5. The lowest BCUT2D eigenvalue weighted by atomic mass is 9.95. The maximum atomic E-state index is 13.2. The zero-order valence-corrected chi connectivity index (χ0v) is 22.4. The summed E-state index contributed by atoms with van der Waals surface area (Å²) < 4.78 is 9.47. The molecular formula is C31H30N4O2S. The van der Waals surface area contributed by atoms with Gasteiger partial charge in [-0.2, -0.15) is 0 Å². The first-order valence-electron chi connectivity index (χ1n) is 13.1. The largest absolute Gasteiger partial charge is 0.497 e. The topological polar surface area (TPSA) is 61.4 Å². The lowest BCUT2D eigenvalue weighted by Gasteiger charge is -2.25. The Kier molecular flexibility index (Phi) is 6.68.